The van der Waals surface area contributed by atoms with Gasteiger partial charge in [-0.15, -0.1) is 0 Å². The lowest BCUT2D eigenvalue weighted by molar-refractivity contribution is 0.133. The van der Waals surface area contributed by atoms with E-state index < -0.39 is 7.82 Å². The fraction of sp³-hybridized carbons (Fsp3) is 0.333. The summed E-state index contributed by atoms with van der Waals surface area (Å²) >= 11 is 7.78. The Kier molecular flexibility index (Phi) is 8.64. The minimum atomic E-state index is -4.16. The van der Waals surface area contributed by atoms with Gasteiger partial charge in [-0.25, -0.2) is 15.1 Å². The quantitative estimate of drug-likeness (QED) is 0.352. The molecule has 7 nitrogen and oxygen atoms in total. The lowest BCUT2D eigenvalue weighted by Crippen LogP contribution is -2.08. The predicted octanol–water partition coefficient (Wildman–Crippen LogP) is 4.78. The zero-order valence-electron chi connectivity index (χ0n) is 15.5. The second kappa shape index (κ2) is 10.5. The number of aryl methyl sites for hydroxylation is 1. The van der Waals surface area contributed by atoms with Crippen LogP contribution in [0.2, 0.25) is 5.02 Å². The van der Waals surface area contributed by atoms with Gasteiger partial charge in [0.05, 0.1) is 18.6 Å². The molecule has 0 heterocycles. The third-order valence-corrected chi connectivity index (χ3v) is 6.11. The summed E-state index contributed by atoms with van der Waals surface area (Å²) in [5.41, 5.74) is 0.954. The molecule has 0 spiro atoms. The van der Waals surface area contributed by atoms with E-state index in [4.69, 9.17) is 31.7 Å². The molecule has 2 aromatic rings. The van der Waals surface area contributed by atoms with Crippen LogP contribution < -0.4 is 10.6 Å². The number of methoxy groups -OCH3 is 1. The smallest absolute Gasteiger partial charge is 0.488 e. The molecule has 4 N–H and O–H groups in total. The fourth-order valence-electron chi connectivity index (χ4n) is 2.36. The standard InChI is InChI=1S/C18H23ClNO6PS/c1-12(11-25-27(22,23)26-20)3-4-13-5-7-15(10-16(13)19)28-18-9-14(24-2)6-8-17(18)21/h5-10,12,21H,3-4,11,20H2,1-2H3,(H,22,23). The maximum atomic E-state index is 11.2. The number of phenols is 1. The van der Waals surface area contributed by atoms with Gasteiger partial charge in [0.25, 0.3) is 0 Å². The molecule has 2 aromatic carbocycles. The van der Waals surface area contributed by atoms with Gasteiger partial charge >= 0.3 is 7.82 Å². The number of benzene rings is 2. The van der Waals surface area contributed by atoms with Crippen LogP contribution in [0.3, 0.4) is 0 Å². The van der Waals surface area contributed by atoms with Crippen molar-refractivity contribution in [3.05, 3.63) is 47.0 Å². The number of aromatic hydroxyl groups is 1. The van der Waals surface area contributed by atoms with Crippen LogP contribution in [0.4, 0.5) is 0 Å². The van der Waals surface area contributed by atoms with Crippen LogP contribution in [0.5, 0.6) is 11.5 Å². The number of halogens is 1. The monoisotopic (exact) mass is 447 g/mol. The molecule has 0 aliphatic rings. The molecule has 0 aliphatic carbocycles. The first-order chi connectivity index (χ1) is 13.2. The van der Waals surface area contributed by atoms with E-state index in [0.29, 0.717) is 28.5 Å². The first kappa shape index (κ1) is 23.0. The van der Waals surface area contributed by atoms with Crippen LogP contribution in [0.1, 0.15) is 18.9 Å². The average Bonchev–Trinajstić information content (AvgIpc) is 2.67. The highest BCUT2D eigenvalue weighted by molar-refractivity contribution is 7.99. The number of phosphoric ester groups is 1. The molecule has 0 fully saturated rings. The highest BCUT2D eigenvalue weighted by atomic mass is 35.5. The number of ether oxygens (including phenoxy) is 1. The minimum absolute atomic E-state index is 0.00877. The highest BCUT2D eigenvalue weighted by Gasteiger charge is 2.20. The third-order valence-electron chi connectivity index (χ3n) is 3.98. The molecular weight excluding hydrogens is 425 g/mol. The van der Waals surface area contributed by atoms with Gasteiger partial charge in [-0.2, -0.15) is 0 Å². The molecule has 0 bridgehead atoms. The summed E-state index contributed by atoms with van der Waals surface area (Å²) in [4.78, 5) is 10.7. The second-order valence-electron chi connectivity index (χ2n) is 6.20. The zero-order chi connectivity index (χ0) is 20.7. The second-order valence-corrected chi connectivity index (χ2v) is 9.13. The van der Waals surface area contributed by atoms with E-state index in [9.17, 15) is 9.67 Å². The van der Waals surface area contributed by atoms with E-state index in [1.165, 1.54) is 11.8 Å². The van der Waals surface area contributed by atoms with Crippen LogP contribution in [-0.2, 0) is 20.1 Å². The SMILES string of the molecule is COc1ccc(O)c(Sc2ccc(CCC(C)COP(=O)(O)ON)c(Cl)c2)c1. The molecule has 0 saturated heterocycles. The number of hydrogen-bond acceptors (Lipinski definition) is 7. The van der Waals surface area contributed by atoms with Crippen molar-refractivity contribution in [3.63, 3.8) is 0 Å². The van der Waals surface area contributed by atoms with Crippen molar-refractivity contribution in [1.29, 1.82) is 0 Å². The summed E-state index contributed by atoms with van der Waals surface area (Å²) in [6.07, 6.45) is 1.38. The number of nitrogens with two attached hydrogens (primary N) is 1. The van der Waals surface area contributed by atoms with E-state index in [1.807, 2.05) is 25.1 Å². The lowest BCUT2D eigenvalue weighted by Gasteiger charge is -2.14. The van der Waals surface area contributed by atoms with Crippen LogP contribution in [0.15, 0.2) is 46.2 Å². The van der Waals surface area contributed by atoms with Gasteiger partial charge in [0.15, 0.2) is 0 Å². The van der Waals surface area contributed by atoms with Gasteiger partial charge in [0.1, 0.15) is 11.5 Å². The van der Waals surface area contributed by atoms with E-state index >= 15 is 0 Å². The first-order valence-electron chi connectivity index (χ1n) is 8.43. The number of phosphoric acid groups is 1. The van der Waals surface area contributed by atoms with Crippen molar-refractivity contribution >= 4 is 31.2 Å². The minimum Gasteiger partial charge on any atom is -0.507 e. The van der Waals surface area contributed by atoms with Crippen LogP contribution in [0, 0.1) is 5.92 Å². The zero-order valence-corrected chi connectivity index (χ0v) is 18.0. The fourth-order valence-corrected chi connectivity index (χ4v) is 4.12. The van der Waals surface area contributed by atoms with Gasteiger partial charge in [-0.1, -0.05) is 36.4 Å². The molecule has 154 valence electrons. The van der Waals surface area contributed by atoms with Crippen molar-refractivity contribution in [3.8, 4) is 11.5 Å². The summed E-state index contributed by atoms with van der Waals surface area (Å²) in [6.45, 7) is 1.94. The Labute approximate surface area is 173 Å². The van der Waals surface area contributed by atoms with Crippen molar-refractivity contribution in [1.82, 2.24) is 0 Å². The normalized spacial score (nSPS) is 14.5. The third kappa shape index (κ3) is 6.97. The summed E-state index contributed by atoms with van der Waals surface area (Å²) in [7, 11) is -2.59. The van der Waals surface area contributed by atoms with Gasteiger partial charge in [-0.05, 0) is 54.7 Å². The van der Waals surface area contributed by atoms with Gasteiger partial charge in [-0.3, -0.25) is 4.52 Å². The Morgan fingerprint density at radius 3 is 2.68 bits per heavy atom. The molecule has 28 heavy (non-hydrogen) atoms. The lowest BCUT2D eigenvalue weighted by atomic mass is 10.0. The maximum absolute atomic E-state index is 11.2. The Bertz CT molecular complexity index is 853. The maximum Gasteiger partial charge on any atom is 0.488 e. The molecule has 0 aromatic heterocycles. The van der Waals surface area contributed by atoms with Gasteiger partial charge in [0.2, 0.25) is 0 Å². The Balaban J connectivity index is 1.96. The molecule has 0 aliphatic heterocycles. The van der Waals surface area contributed by atoms with Crippen molar-refractivity contribution in [2.45, 2.75) is 29.6 Å². The Hall–Kier alpha value is -1.25. The average molecular weight is 448 g/mol. The number of phenolic OH excluding ortho intramolecular Hbond substituents is 1. The summed E-state index contributed by atoms with van der Waals surface area (Å²) in [5.74, 6) is 5.53. The van der Waals surface area contributed by atoms with Crippen molar-refractivity contribution < 1.29 is 28.5 Å². The highest BCUT2D eigenvalue weighted by Crippen LogP contribution is 2.41. The molecule has 10 heteroatoms. The van der Waals surface area contributed by atoms with Crippen molar-refractivity contribution in [2.75, 3.05) is 13.7 Å². The predicted molar refractivity (Wildman–Crippen MR) is 109 cm³/mol. The molecule has 2 rings (SSSR count). The molecule has 2 atom stereocenters. The van der Waals surface area contributed by atoms with Gasteiger partial charge in [0, 0.05) is 9.92 Å². The van der Waals surface area contributed by atoms with Crippen LogP contribution >= 0.6 is 31.2 Å². The molecular formula is C18H23ClNO6PS. The Morgan fingerprint density at radius 2 is 2.04 bits per heavy atom. The molecule has 0 radical (unpaired) electrons. The van der Waals surface area contributed by atoms with Crippen molar-refractivity contribution in [2.24, 2.45) is 11.8 Å². The largest absolute Gasteiger partial charge is 0.507 e. The van der Waals surface area contributed by atoms with Gasteiger partial charge < -0.3 is 14.7 Å². The van der Waals surface area contributed by atoms with Crippen LogP contribution in [-0.4, -0.2) is 23.7 Å². The Morgan fingerprint density at radius 1 is 1.29 bits per heavy atom. The number of hydrogen-bond donors (Lipinski definition) is 3. The summed E-state index contributed by atoms with van der Waals surface area (Å²) < 4.78 is 25.1. The summed E-state index contributed by atoms with van der Waals surface area (Å²) in [6, 6.07) is 10.7. The van der Waals surface area contributed by atoms with E-state index in [0.717, 1.165) is 10.5 Å². The molecule has 2 unspecified atom stereocenters. The topological polar surface area (TPSA) is 111 Å². The van der Waals surface area contributed by atoms with E-state index in [-0.39, 0.29) is 18.3 Å². The van der Waals surface area contributed by atoms with Crippen LogP contribution in [0.25, 0.3) is 0 Å². The molecule has 0 saturated carbocycles. The summed E-state index contributed by atoms with van der Waals surface area (Å²) in [5, 5.41) is 10.6. The first-order valence-corrected chi connectivity index (χ1v) is 11.1. The van der Waals surface area contributed by atoms with E-state index in [1.54, 1.807) is 25.3 Å². The molecule has 0 amide bonds. The van der Waals surface area contributed by atoms with E-state index in [2.05, 4.69) is 4.62 Å². The number of rotatable bonds is 10.